The van der Waals surface area contributed by atoms with Crippen molar-refractivity contribution in [1.29, 1.82) is 0 Å². The summed E-state index contributed by atoms with van der Waals surface area (Å²) in [6.45, 7) is 5.67. The summed E-state index contributed by atoms with van der Waals surface area (Å²) in [5.41, 5.74) is -0.0928. The number of hydrogen-bond acceptors (Lipinski definition) is 5. The first kappa shape index (κ1) is 18.8. The lowest BCUT2D eigenvalue weighted by Crippen LogP contribution is -2.53. The Bertz CT molecular complexity index is 1040. The number of carbonyl (C=O) groups is 3. The number of sulfonamides is 1. The Morgan fingerprint density at radius 2 is 1.72 bits per heavy atom. The van der Waals surface area contributed by atoms with Crippen LogP contribution < -0.4 is 0 Å². The summed E-state index contributed by atoms with van der Waals surface area (Å²) in [6.07, 6.45) is 2.43. The lowest BCUT2D eigenvalue weighted by molar-refractivity contribution is -0.132. The fourth-order valence-corrected chi connectivity index (χ4v) is 9.03. The predicted octanol–water partition coefficient (Wildman–Crippen LogP) is 2.04. The number of rotatable bonds is 2. The van der Waals surface area contributed by atoms with Gasteiger partial charge in [-0.25, -0.2) is 12.7 Å². The topological polar surface area (TPSA) is 91.8 Å². The zero-order valence-corrected chi connectivity index (χ0v) is 17.5. The van der Waals surface area contributed by atoms with Crippen molar-refractivity contribution < 1.29 is 22.8 Å². The van der Waals surface area contributed by atoms with Crippen LogP contribution >= 0.6 is 0 Å². The normalized spacial score (nSPS) is 34.4. The molecule has 5 rings (SSSR count). The Hall–Kier alpha value is -2.22. The van der Waals surface area contributed by atoms with Gasteiger partial charge in [0, 0.05) is 5.41 Å². The molecule has 29 heavy (non-hydrogen) atoms. The van der Waals surface area contributed by atoms with Crippen molar-refractivity contribution in [2.24, 2.45) is 16.7 Å². The third-order valence-electron chi connectivity index (χ3n) is 8.20. The molecule has 2 saturated carbocycles. The van der Waals surface area contributed by atoms with E-state index < -0.39 is 39.2 Å². The maximum absolute atomic E-state index is 13.4. The summed E-state index contributed by atoms with van der Waals surface area (Å²) < 4.78 is 27.2. The minimum absolute atomic E-state index is 0.0330. The van der Waals surface area contributed by atoms with Gasteiger partial charge < -0.3 is 0 Å². The molecule has 2 aliphatic heterocycles. The van der Waals surface area contributed by atoms with Crippen LogP contribution in [0.1, 0.15) is 60.7 Å². The lowest BCUT2D eigenvalue weighted by atomic mass is 9.69. The molecule has 154 valence electrons. The number of amides is 3. The first-order chi connectivity index (χ1) is 13.5. The van der Waals surface area contributed by atoms with Gasteiger partial charge in [-0.05, 0) is 49.7 Å². The number of carbonyl (C=O) groups excluding carboxylic acids is 3. The fourth-order valence-electron chi connectivity index (χ4n) is 6.43. The Balaban J connectivity index is 1.50. The predicted molar refractivity (Wildman–Crippen MR) is 104 cm³/mol. The second-order valence-corrected chi connectivity index (χ2v) is 11.3. The van der Waals surface area contributed by atoms with Gasteiger partial charge in [0.1, 0.15) is 6.04 Å². The highest BCUT2D eigenvalue weighted by atomic mass is 32.2. The van der Waals surface area contributed by atoms with Gasteiger partial charge in [-0.2, -0.15) is 0 Å². The first-order valence-electron chi connectivity index (χ1n) is 10.1. The van der Waals surface area contributed by atoms with E-state index >= 15 is 0 Å². The molecule has 2 aliphatic carbocycles. The highest BCUT2D eigenvalue weighted by Gasteiger charge is 2.72. The average molecular weight is 416 g/mol. The average Bonchev–Trinajstić information content (AvgIpc) is 3.23. The fraction of sp³-hybridized carbons (Fsp3) is 0.571. The number of fused-ring (bicyclic) bond motifs is 2. The minimum Gasteiger partial charge on any atom is -0.271 e. The molecule has 1 aromatic rings. The smallest absolute Gasteiger partial charge is 0.262 e. The molecule has 0 aromatic heterocycles. The highest BCUT2D eigenvalue weighted by molar-refractivity contribution is 7.90. The van der Waals surface area contributed by atoms with Crippen LogP contribution in [0.3, 0.4) is 0 Å². The second kappa shape index (κ2) is 5.47. The third-order valence-corrected chi connectivity index (χ3v) is 10.1. The number of imide groups is 1. The number of hydrogen-bond donors (Lipinski definition) is 0. The van der Waals surface area contributed by atoms with Crippen LogP contribution in [0.5, 0.6) is 0 Å². The molecule has 2 heterocycles. The number of benzene rings is 1. The maximum Gasteiger partial charge on any atom is 0.262 e. The van der Waals surface area contributed by atoms with Crippen molar-refractivity contribution in [3.05, 3.63) is 35.4 Å². The Morgan fingerprint density at radius 3 is 2.28 bits per heavy atom. The summed E-state index contributed by atoms with van der Waals surface area (Å²) in [5, 5.41) is 0. The maximum atomic E-state index is 13.4. The van der Waals surface area contributed by atoms with E-state index in [2.05, 4.69) is 13.8 Å². The standard InChI is InChI=1S/C21H24N2O5S/c1-12(22-18(25)14-6-4-5-7-15(14)19(22)26)17(24)23-16-10-13-8-9-21(16,20(13,2)3)11-29(23,27)28/h4-7,12-13,16H,8-11H2,1-3H3/t12-,13?,16+,21+/m1/s1. The molecule has 4 atom stereocenters. The summed E-state index contributed by atoms with van der Waals surface area (Å²) >= 11 is 0. The summed E-state index contributed by atoms with van der Waals surface area (Å²) in [6, 6.07) is 4.86. The van der Waals surface area contributed by atoms with E-state index in [9.17, 15) is 22.8 Å². The van der Waals surface area contributed by atoms with E-state index in [0.717, 1.165) is 22.0 Å². The Morgan fingerprint density at radius 1 is 1.14 bits per heavy atom. The zero-order valence-electron chi connectivity index (χ0n) is 16.7. The van der Waals surface area contributed by atoms with Crippen molar-refractivity contribution in [3.63, 3.8) is 0 Å². The van der Waals surface area contributed by atoms with Crippen LogP contribution in [0, 0.1) is 16.7 Å². The van der Waals surface area contributed by atoms with Gasteiger partial charge in [-0.3, -0.25) is 19.3 Å². The van der Waals surface area contributed by atoms with Gasteiger partial charge in [-0.15, -0.1) is 0 Å². The van der Waals surface area contributed by atoms with E-state index in [-0.39, 0.29) is 28.3 Å². The first-order valence-corrected chi connectivity index (χ1v) is 11.7. The molecular weight excluding hydrogens is 392 g/mol. The van der Waals surface area contributed by atoms with Gasteiger partial charge in [0.2, 0.25) is 10.0 Å². The molecule has 4 aliphatic rings. The van der Waals surface area contributed by atoms with Crippen molar-refractivity contribution in [1.82, 2.24) is 9.21 Å². The minimum atomic E-state index is -3.80. The van der Waals surface area contributed by atoms with Gasteiger partial charge in [0.25, 0.3) is 17.7 Å². The molecule has 0 N–H and O–H groups in total. The largest absolute Gasteiger partial charge is 0.271 e. The van der Waals surface area contributed by atoms with Crippen LogP contribution in [-0.2, 0) is 14.8 Å². The molecule has 3 amide bonds. The Labute approximate surface area is 170 Å². The molecule has 8 heteroatoms. The second-order valence-electron chi connectivity index (χ2n) is 9.46. The van der Waals surface area contributed by atoms with E-state index in [1.165, 1.54) is 6.92 Å². The molecule has 1 unspecified atom stereocenters. The monoisotopic (exact) mass is 416 g/mol. The Kier molecular flexibility index (Phi) is 3.55. The van der Waals surface area contributed by atoms with Crippen molar-refractivity contribution >= 4 is 27.7 Å². The molecule has 0 radical (unpaired) electrons. The van der Waals surface area contributed by atoms with Crippen molar-refractivity contribution in [2.75, 3.05) is 5.75 Å². The van der Waals surface area contributed by atoms with E-state index in [4.69, 9.17) is 0 Å². The SMILES string of the molecule is C[C@H](C(=O)N1[C@H]2CC3CC[C@@]2(CS1(=O)=O)C3(C)C)N1C(=O)c2ccccc2C1=O. The molecule has 7 nitrogen and oxygen atoms in total. The van der Waals surface area contributed by atoms with Gasteiger partial charge in [0.05, 0.1) is 22.9 Å². The number of nitrogens with zero attached hydrogens (tertiary/aromatic N) is 2. The van der Waals surface area contributed by atoms with Crippen LogP contribution in [0.2, 0.25) is 0 Å². The molecule has 1 saturated heterocycles. The van der Waals surface area contributed by atoms with Gasteiger partial charge in [-0.1, -0.05) is 26.0 Å². The van der Waals surface area contributed by atoms with Crippen molar-refractivity contribution in [3.8, 4) is 0 Å². The third kappa shape index (κ3) is 2.08. The summed E-state index contributed by atoms with van der Waals surface area (Å²) in [7, 11) is -3.80. The molecule has 2 bridgehead atoms. The zero-order chi connectivity index (χ0) is 20.9. The van der Waals surface area contributed by atoms with E-state index in [0.29, 0.717) is 12.3 Å². The molecule has 3 fully saturated rings. The quantitative estimate of drug-likeness (QED) is 0.688. The molecule has 1 spiro atoms. The molecular formula is C21H24N2O5S. The van der Waals surface area contributed by atoms with E-state index in [1.54, 1.807) is 24.3 Å². The van der Waals surface area contributed by atoms with E-state index in [1.807, 2.05) is 0 Å². The van der Waals surface area contributed by atoms with Crippen LogP contribution in [-0.4, -0.2) is 53.2 Å². The van der Waals surface area contributed by atoms with Gasteiger partial charge in [0.15, 0.2) is 0 Å². The van der Waals surface area contributed by atoms with Crippen molar-refractivity contribution in [2.45, 2.75) is 52.1 Å². The van der Waals surface area contributed by atoms with Gasteiger partial charge >= 0.3 is 0 Å². The lowest BCUT2D eigenvalue weighted by Gasteiger charge is -2.37. The summed E-state index contributed by atoms with van der Waals surface area (Å²) in [4.78, 5) is 39.9. The van der Waals surface area contributed by atoms with Crippen LogP contribution in [0.4, 0.5) is 0 Å². The highest BCUT2D eigenvalue weighted by Crippen LogP contribution is 2.70. The summed E-state index contributed by atoms with van der Waals surface area (Å²) in [5.74, 6) is -1.43. The molecule has 1 aromatic carbocycles. The van der Waals surface area contributed by atoms with Crippen LogP contribution in [0.15, 0.2) is 24.3 Å². The van der Waals surface area contributed by atoms with Crippen LogP contribution in [0.25, 0.3) is 0 Å².